The number of phenolic OH excluding ortho intramolecular Hbond substituents is 2. The van der Waals surface area contributed by atoms with Crippen LogP contribution in [0.1, 0.15) is 28.9 Å². The molecule has 0 radical (unpaired) electrons. The van der Waals surface area contributed by atoms with Gasteiger partial charge in [0.2, 0.25) is 0 Å². The molecule has 0 saturated carbocycles. The molecular weight excluding hydrogens is 592 g/mol. The molecule has 2 atom stereocenters. The van der Waals surface area contributed by atoms with Crippen molar-refractivity contribution in [2.75, 3.05) is 47.5 Å². The number of carbonyl (C=O) groups is 2. The van der Waals surface area contributed by atoms with Crippen LogP contribution in [0.4, 0.5) is 0 Å². The summed E-state index contributed by atoms with van der Waals surface area (Å²) in [5.74, 6) is -0.814. The molecule has 46 heavy (non-hydrogen) atoms. The van der Waals surface area contributed by atoms with Crippen LogP contribution in [0.5, 0.6) is 23.0 Å². The van der Waals surface area contributed by atoms with Crippen LogP contribution >= 0.6 is 0 Å². The second-order valence-electron chi connectivity index (χ2n) is 10.4. The number of ether oxygens (including phenoxy) is 3. The summed E-state index contributed by atoms with van der Waals surface area (Å²) in [5, 5.41) is 32.2. The van der Waals surface area contributed by atoms with Gasteiger partial charge in [0.1, 0.15) is 29.0 Å². The predicted octanol–water partition coefficient (Wildman–Crippen LogP) is 3.53. The number of allylic oxidation sites excluding steroid dienone is 2. The quantitative estimate of drug-likeness (QED) is 0.129. The number of aromatic nitrogens is 1. The zero-order valence-electron chi connectivity index (χ0n) is 25.9. The van der Waals surface area contributed by atoms with E-state index in [4.69, 9.17) is 14.2 Å². The maximum absolute atomic E-state index is 12.8. The van der Waals surface area contributed by atoms with Crippen LogP contribution in [0, 0.1) is 6.04 Å². The lowest BCUT2D eigenvalue weighted by atomic mass is 9.94. The van der Waals surface area contributed by atoms with Crippen LogP contribution in [0.3, 0.4) is 0 Å². The molecule has 242 valence electrons. The van der Waals surface area contributed by atoms with Crippen molar-refractivity contribution in [3.8, 4) is 23.0 Å². The van der Waals surface area contributed by atoms with Crippen LogP contribution in [-0.4, -0.2) is 101 Å². The Balaban J connectivity index is 1.83. The first-order chi connectivity index (χ1) is 22.2. The van der Waals surface area contributed by atoms with Gasteiger partial charge in [-0.05, 0) is 48.5 Å². The van der Waals surface area contributed by atoms with E-state index in [0.717, 1.165) is 0 Å². The van der Waals surface area contributed by atoms with E-state index in [9.17, 15) is 24.9 Å². The molecule has 3 N–H and O–H groups in total. The Labute approximate surface area is 267 Å². The summed E-state index contributed by atoms with van der Waals surface area (Å²) in [6.07, 6.45) is 8.72. The smallest absolute Gasteiger partial charge is 0.319 e. The Morgan fingerprint density at radius 2 is 1.57 bits per heavy atom. The van der Waals surface area contributed by atoms with E-state index in [1.165, 1.54) is 33.5 Å². The van der Waals surface area contributed by atoms with Gasteiger partial charge in [-0.15, -0.1) is 6.08 Å². The van der Waals surface area contributed by atoms with Crippen molar-refractivity contribution in [1.29, 1.82) is 0 Å². The lowest BCUT2D eigenvalue weighted by Gasteiger charge is -2.38. The van der Waals surface area contributed by atoms with Gasteiger partial charge in [0, 0.05) is 30.4 Å². The van der Waals surface area contributed by atoms with Crippen molar-refractivity contribution in [3.63, 3.8) is 0 Å². The Hall–Kier alpha value is -5.33. The molecule has 0 amide bonds. The number of benzene rings is 2. The molecular formula is C34H38N4O8. The highest BCUT2D eigenvalue weighted by molar-refractivity contribution is 5.71. The minimum absolute atomic E-state index is 0.0460. The Morgan fingerprint density at radius 1 is 0.913 bits per heavy atom. The molecule has 1 aliphatic rings. The van der Waals surface area contributed by atoms with Crippen molar-refractivity contribution >= 4 is 18.7 Å². The number of hydrogen-bond donors (Lipinski definition) is 3. The first kappa shape index (κ1) is 33.6. The molecule has 0 fully saturated rings. The molecule has 0 saturated heterocycles. The summed E-state index contributed by atoms with van der Waals surface area (Å²) in [6.45, 7) is 3.62. The van der Waals surface area contributed by atoms with E-state index >= 15 is 0 Å². The molecule has 0 spiro atoms. The average Bonchev–Trinajstić information content (AvgIpc) is 3.06. The minimum atomic E-state index is -1.11. The van der Waals surface area contributed by atoms with Crippen molar-refractivity contribution < 1.29 is 43.7 Å². The van der Waals surface area contributed by atoms with E-state index < -0.39 is 30.6 Å². The number of aromatic hydroxyl groups is 2. The third-order valence-electron chi connectivity index (χ3n) is 7.59. The Morgan fingerprint density at radius 3 is 2.15 bits per heavy atom. The Bertz CT molecular complexity index is 1590. The number of esters is 1. The van der Waals surface area contributed by atoms with E-state index in [2.05, 4.69) is 11.7 Å². The second-order valence-corrected chi connectivity index (χ2v) is 10.4. The molecule has 1 aromatic heterocycles. The fraction of sp³-hybridized carbons (Fsp3) is 0.265. The summed E-state index contributed by atoms with van der Waals surface area (Å²) < 4.78 is 17.5. The second kappa shape index (κ2) is 15.6. The van der Waals surface area contributed by atoms with Gasteiger partial charge in [-0.2, -0.15) is 0 Å². The van der Waals surface area contributed by atoms with Crippen LogP contribution in [-0.2, 0) is 14.3 Å². The summed E-state index contributed by atoms with van der Waals surface area (Å²) in [4.78, 5) is 33.1. The molecule has 1 unspecified atom stereocenters. The number of phenols is 2. The van der Waals surface area contributed by atoms with Crippen molar-refractivity contribution in [3.05, 3.63) is 108 Å². The van der Waals surface area contributed by atoms with Crippen molar-refractivity contribution in [1.82, 2.24) is 14.8 Å². The molecule has 3 aromatic rings. The molecule has 1 aliphatic heterocycles. The zero-order chi connectivity index (χ0) is 33.2. The number of rotatable bonds is 15. The van der Waals surface area contributed by atoms with Gasteiger partial charge in [0.05, 0.1) is 65.1 Å². The molecule has 0 aliphatic carbocycles. The normalized spacial score (nSPS) is 13.9. The van der Waals surface area contributed by atoms with Gasteiger partial charge in [-0.1, -0.05) is 18.2 Å². The van der Waals surface area contributed by atoms with Crippen molar-refractivity contribution in [2.45, 2.75) is 12.1 Å². The molecule has 12 nitrogen and oxygen atoms in total. The van der Waals surface area contributed by atoms with E-state index in [1.54, 1.807) is 87.5 Å². The fourth-order valence-electron chi connectivity index (χ4n) is 5.38. The van der Waals surface area contributed by atoms with Gasteiger partial charge < -0.3 is 29.5 Å². The third kappa shape index (κ3) is 8.03. The standard InChI is InChI=1S/C34H38N4O8/c1-36-16-8-6-10-28(36)34(26-20-24(45-3)12-14-30(26)40)37(21-31(41)42)17-18-38(22-32(43)46-4)33(27-9-5-7-15-35-27)25-19-23(44-2)11-13-29(25)39/h5-16,19-20,33-34,39-40H,1,17-18,21-22H2,2-4H3,(H,41,42)/t33-,34?/m0/s1. The number of nitrogens with zero attached hydrogens (tertiary/aromatic N) is 4. The number of methoxy groups -OCH3 is 3. The summed E-state index contributed by atoms with van der Waals surface area (Å²) in [5.41, 5.74) is 1.35. The average molecular weight is 631 g/mol. The van der Waals surface area contributed by atoms with Crippen LogP contribution < -0.4 is 9.47 Å². The fourth-order valence-corrected chi connectivity index (χ4v) is 5.38. The highest BCUT2D eigenvalue weighted by Gasteiger charge is 2.36. The number of carboxylic acids is 1. The topological polar surface area (TPSA) is 145 Å². The monoisotopic (exact) mass is 630 g/mol. The number of carboxylic acid groups (broad SMARTS) is 1. The number of aliphatic carboxylic acids is 1. The highest BCUT2D eigenvalue weighted by atomic mass is 16.5. The summed E-state index contributed by atoms with van der Waals surface area (Å²) in [7, 11) is 4.29. The maximum atomic E-state index is 12.8. The first-order valence-corrected chi connectivity index (χ1v) is 14.4. The SMILES string of the molecule is C=[N+]1C=CC=C[C-]1C(c1cc(OC)ccc1O)N(CCN(CC(=O)OC)[C@H](c1ccccn1)c1cc(OC)ccc1O)CC(=O)O. The van der Waals surface area contributed by atoms with Gasteiger partial charge in [-0.3, -0.25) is 28.9 Å². The number of pyridine rings is 1. The first-order valence-electron chi connectivity index (χ1n) is 14.4. The summed E-state index contributed by atoms with van der Waals surface area (Å²) >= 11 is 0. The molecule has 0 bridgehead atoms. The molecule has 2 heterocycles. The third-order valence-corrected chi connectivity index (χ3v) is 7.59. The number of hydrogen-bond acceptors (Lipinski definition) is 10. The van der Waals surface area contributed by atoms with Crippen LogP contribution in [0.2, 0.25) is 0 Å². The largest absolute Gasteiger partial charge is 0.508 e. The molecule has 4 rings (SSSR count). The van der Waals surface area contributed by atoms with Gasteiger partial charge in [0.25, 0.3) is 0 Å². The predicted molar refractivity (Wildman–Crippen MR) is 170 cm³/mol. The minimum Gasteiger partial charge on any atom is -0.508 e. The highest BCUT2D eigenvalue weighted by Crippen LogP contribution is 2.40. The van der Waals surface area contributed by atoms with Gasteiger partial charge in [-0.25, -0.2) is 0 Å². The van der Waals surface area contributed by atoms with Crippen LogP contribution in [0.25, 0.3) is 0 Å². The maximum Gasteiger partial charge on any atom is 0.319 e. The zero-order valence-corrected chi connectivity index (χ0v) is 25.9. The van der Waals surface area contributed by atoms with Crippen LogP contribution in [0.15, 0.2) is 85.2 Å². The summed E-state index contributed by atoms with van der Waals surface area (Å²) in [6, 6.07) is 13.9. The Kier molecular flexibility index (Phi) is 11.4. The lowest BCUT2D eigenvalue weighted by molar-refractivity contribution is -0.435. The van der Waals surface area contributed by atoms with Gasteiger partial charge in [0.15, 0.2) is 0 Å². The number of carbonyl (C=O) groups excluding carboxylic acids is 1. The lowest BCUT2D eigenvalue weighted by Crippen LogP contribution is -2.45. The van der Waals surface area contributed by atoms with Gasteiger partial charge >= 0.3 is 11.9 Å². The molecule has 2 aromatic carbocycles. The van der Waals surface area contributed by atoms with E-state index in [1.807, 2.05) is 0 Å². The molecule has 12 heteroatoms. The van der Waals surface area contributed by atoms with Crippen molar-refractivity contribution in [2.24, 2.45) is 0 Å². The van der Waals surface area contributed by atoms with E-state index in [-0.39, 0.29) is 31.1 Å². The van der Waals surface area contributed by atoms with E-state index in [0.29, 0.717) is 34.4 Å².